The molecule has 0 amide bonds. The van der Waals surface area contributed by atoms with Gasteiger partial charge in [0.2, 0.25) is 0 Å². The molecule has 0 saturated carbocycles. The monoisotopic (exact) mass is 377 g/mol. The van der Waals surface area contributed by atoms with Crippen molar-refractivity contribution in [3.8, 4) is 11.1 Å². The molecule has 2 aromatic rings. The smallest absolute Gasteiger partial charge is 0.0239 e. The van der Waals surface area contributed by atoms with Crippen LogP contribution in [0.5, 0.6) is 0 Å². The van der Waals surface area contributed by atoms with E-state index in [0.717, 1.165) is 6.54 Å². The standard InChI is InChI=1S/C18H20IN/c19-17-10-9-16(14-20-11-5-2-6-12-20)18(13-17)15-7-3-1-4-8-15/h1,3-4,7-10,13H,2,5-6,11-12,14H2. The Kier molecular flexibility index (Phi) is 4.73. The van der Waals surface area contributed by atoms with Crippen LogP contribution in [0.4, 0.5) is 0 Å². The molecule has 0 atom stereocenters. The molecule has 1 aliphatic heterocycles. The normalized spacial score (nSPS) is 16.2. The zero-order valence-electron chi connectivity index (χ0n) is 11.7. The third-order valence-electron chi connectivity index (χ3n) is 4.00. The summed E-state index contributed by atoms with van der Waals surface area (Å²) in [6.07, 6.45) is 4.10. The van der Waals surface area contributed by atoms with Crippen LogP contribution in [0.25, 0.3) is 11.1 Å². The van der Waals surface area contributed by atoms with Crippen molar-refractivity contribution < 1.29 is 0 Å². The van der Waals surface area contributed by atoms with Gasteiger partial charge in [0.05, 0.1) is 0 Å². The van der Waals surface area contributed by atoms with E-state index < -0.39 is 0 Å². The van der Waals surface area contributed by atoms with Crippen molar-refractivity contribution >= 4 is 22.6 Å². The van der Waals surface area contributed by atoms with Crippen LogP contribution in [0.15, 0.2) is 48.5 Å². The van der Waals surface area contributed by atoms with E-state index in [1.165, 1.54) is 52.6 Å². The first-order valence-electron chi connectivity index (χ1n) is 7.39. The topological polar surface area (TPSA) is 3.24 Å². The van der Waals surface area contributed by atoms with Crippen molar-refractivity contribution in [2.24, 2.45) is 0 Å². The first kappa shape index (κ1) is 14.1. The minimum absolute atomic E-state index is 1.08. The van der Waals surface area contributed by atoms with Crippen molar-refractivity contribution in [2.75, 3.05) is 13.1 Å². The number of hydrogen-bond donors (Lipinski definition) is 0. The van der Waals surface area contributed by atoms with Gasteiger partial charge in [0.1, 0.15) is 0 Å². The summed E-state index contributed by atoms with van der Waals surface area (Å²) in [7, 11) is 0. The van der Waals surface area contributed by atoms with Gasteiger partial charge >= 0.3 is 0 Å². The molecule has 2 aromatic carbocycles. The molecular weight excluding hydrogens is 357 g/mol. The van der Waals surface area contributed by atoms with Crippen LogP contribution in [0.2, 0.25) is 0 Å². The average molecular weight is 377 g/mol. The summed E-state index contributed by atoms with van der Waals surface area (Å²) in [6.45, 7) is 3.58. The summed E-state index contributed by atoms with van der Waals surface area (Å²) >= 11 is 2.41. The Hall–Kier alpha value is -0.870. The van der Waals surface area contributed by atoms with E-state index in [0.29, 0.717) is 0 Å². The highest BCUT2D eigenvalue weighted by Crippen LogP contribution is 2.27. The van der Waals surface area contributed by atoms with Crippen LogP contribution in [0.3, 0.4) is 0 Å². The summed E-state index contributed by atoms with van der Waals surface area (Å²) in [5.74, 6) is 0. The second-order valence-electron chi connectivity index (χ2n) is 5.50. The molecule has 2 heteroatoms. The van der Waals surface area contributed by atoms with Crippen LogP contribution >= 0.6 is 22.6 Å². The van der Waals surface area contributed by atoms with E-state index in [9.17, 15) is 0 Å². The predicted molar refractivity (Wildman–Crippen MR) is 93.7 cm³/mol. The van der Waals surface area contributed by atoms with E-state index in [4.69, 9.17) is 0 Å². The van der Waals surface area contributed by atoms with E-state index in [2.05, 4.69) is 76.0 Å². The first-order valence-corrected chi connectivity index (χ1v) is 8.47. The lowest BCUT2D eigenvalue weighted by Gasteiger charge is -2.27. The highest BCUT2D eigenvalue weighted by atomic mass is 127. The van der Waals surface area contributed by atoms with Gasteiger partial charge < -0.3 is 0 Å². The molecule has 0 N–H and O–H groups in total. The van der Waals surface area contributed by atoms with Crippen LogP contribution in [0, 0.1) is 3.57 Å². The Balaban J connectivity index is 1.90. The van der Waals surface area contributed by atoms with Crippen LogP contribution in [0.1, 0.15) is 24.8 Å². The number of hydrogen-bond acceptors (Lipinski definition) is 1. The number of benzene rings is 2. The maximum atomic E-state index is 2.60. The van der Waals surface area contributed by atoms with E-state index in [1.807, 2.05) is 0 Å². The molecule has 0 unspecified atom stereocenters. The first-order chi connectivity index (χ1) is 9.83. The third-order valence-corrected chi connectivity index (χ3v) is 4.67. The summed E-state index contributed by atoms with van der Waals surface area (Å²) in [6, 6.07) is 17.6. The van der Waals surface area contributed by atoms with Gasteiger partial charge in [-0.1, -0.05) is 42.8 Å². The Morgan fingerprint density at radius 3 is 2.40 bits per heavy atom. The fourth-order valence-electron chi connectivity index (χ4n) is 2.93. The fraction of sp³-hybridized carbons (Fsp3) is 0.333. The van der Waals surface area contributed by atoms with E-state index >= 15 is 0 Å². The molecule has 1 heterocycles. The summed E-state index contributed by atoms with van der Waals surface area (Å²) in [4.78, 5) is 2.60. The Labute approximate surface area is 135 Å². The lowest BCUT2D eigenvalue weighted by Crippen LogP contribution is -2.29. The van der Waals surface area contributed by atoms with Crippen molar-refractivity contribution in [3.63, 3.8) is 0 Å². The lowest BCUT2D eigenvalue weighted by atomic mass is 9.99. The van der Waals surface area contributed by atoms with E-state index in [-0.39, 0.29) is 0 Å². The molecule has 3 rings (SSSR count). The van der Waals surface area contributed by atoms with Crippen LogP contribution in [-0.4, -0.2) is 18.0 Å². The van der Waals surface area contributed by atoms with E-state index in [1.54, 1.807) is 0 Å². The molecule has 1 saturated heterocycles. The predicted octanol–water partition coefficient (Wildman–Crippen LogP) is 4.94. The summed E-state index contributed by atoms with van der Waals surface area (Å²) in [5.41, 5.74) is 4.18. The third kappa shape index (κ3) is 3.41. The Bertz CT molecular complexity index is 559. The van der Waals surface area contributed by atoms with Gasteiger partial charge in [0.25, 0.3) is 0 Å². The van der Waals surface area contributed by atoms with Crippen molar-refractivity contribution in [2.45, 2.75) is 25.8 Å². The quantitative estimate of drug-likeness (QED) is 0.685. The molecule has 0 aliphatic carbocycles. The second-order valence-corrected chi connectivity index (χ2v) is 6.75. The van der Waals surface area contributed by atoms with Gasteiger partial charge in [-0.3, -0.25) is 4.90 Å². The molecule has 1 fully saturated rings. The van der Waals surface area contributed by atoms with Crippen molar-refractivity contribution in [1.29, 1.82) is 0 Å². The number of rotatable bonds is 3. The molecular formula is C18H20IN. The molecule has 104 valence electrons. The van der Waals surface area contributed by atoms with Crippen LogP contribution in [-0.2, 0) is 6.54 Å². The second kappa shape index (κ2) is 6.72. The Morgan fingerprint density at radius 1 is 0.900 bits per heavy atom. The lowest BCUT2D eigenvalue weighted by molar-refractivity contribution is 0.221. The van der Waals surface area contributed by atoms with Crippen molar-refractivity contribution in [3.05, 3.63) is 57.7 Å². The number of piperidine rings is 1. The van der Waals surface area contributed by atoms with Gasteiger partial charge in [-0.15, -0.1) is 0 Å². The molecule has 0 bridgehead atoms. The number of likely N-dealkylation sites (tertiary alicyclic amines) is 1. The summed E-state index contributed by atoms with van der Waals surface area (Å²) < 4.78 is 1.31. The van der Waals surface area contributed by atoms with Crippen LogP contribution < -0.4 is 0 Å². The van der Waals surface area contributed by atoms with Gasteiger partial charge in [-0.05, 0) is 77.3 Å². The molecule has 0 radical (unpaired) electrons. The molecule has 0 spiro atoms. The fourth-order valence-corrected chi connectivity index (χ4v) is 3.42. The number of halogens is 1. The van der Waals surface area contributed by atoms with Crippen molar-refractivity contribution in [1.82, 2.24) is 4.90 Å². The molecule has 20 heavy (non-hydrogen) atoms. The van der Waals surface area contributed by atoms with Gasteiger partial charge in [-0.25, -0.2) is 0 Å². The largest absolute Gasteiger partial charge is 0.299 e. The zero-order chi connectivity index (χ0) is 13.8. The van der Waals surface area contributed by atoms with Gasteiger partial charge in [0.15, 0.2) is 0 Å². The summed E-state index contributed by atoms with van der Waals surface area (Å²) in [5, 5.41) is 0. The SMILES string of the molecule is Ic1ccc(CN2CCCCC2)c(-c2ccccc2)c1. The van der Waals surface area contributed by atoms with Gasteiger partial charge in [-0.2, -0.15) is 0 Å². The minimum Gasteiger partial charge on any atom is -0.299 e. The molecule has 1 aliphatic rings. The highest BCUT2D eigenvalue weighted by Gasteiger charge is 2.13. The maximum absolute atomic E-state index is 2.60. The highest BCUT2D eigenvalue weighted by molar-refractivity contribution is 14.1. The zero-order valence-corrected chi connectivity index (χ0v) is 13.8. The average Bonchev–Trinajstić information content (AvgIpc) is 2.51. The maximum Gasteiger partial charge on any atom is 0.0239 e. The minimum atomic E-state index is 1.08. The molecule has 0 aromatic heterocycles. The Morgan fingerprint density at radius 2 is 1.65 bits per heavy atom. The number of nitrogens with zero attached hydrogens (tertiary/aromatic N) is 1. The molecule has 1 nitrogen and oxygen atoms in total. The van der Waals surface area contributed by atoms with Gasteiger partial charge in [0, 0.05) is 10.1 Å².